The molecule has 0 aliphatic heterocycles. The molecule has 6 nitrogen and oxygen atoms in total. The predicted octanol–water partition coefficient (Wildman–Crippen LogP) is 3.71. The molecular weight excluding hydrogens is 354 g/mol. The molecule has 1 aromatic carbocycles. The van der Waals surface area contributed by atoms with Crippen molar-refractivity contribution in [3.05, 3.63) is 53.5 Å². The number of aryl methyl sites for hydroxylation is 3. The van der Waals surface area contributed by atoms with Crippen LogP contribution in [0, 0.1) is 13.8 Å². The van der Waals surface area contributed by atoms with Gasteiger partial charge in [0, 0.05) is 48.0 Å². The minimum Gasteiger partial charge on any atom is -0.490 e. The van der Waals surface area contributed by atoms with Gasteiger partial charge in [0.2, 0.25) is 5.91 Å². The number of nitrogens with one attached hydrogen (secondary N) is 2. The highest BCUT2D eigenvalue weighted by Crippen LogP contribution is 2.27. The van der Waals surface area contributed by atoms with E-state index in [9.17, 15) is 4.79 Å². The quantitative estimate of drug-likeness (QED) is 0.554. The molecule has 0 aliphatic carbocycles. The maximum Gasteiger partial charge on any atom is 0.219 e. The van der Waals surface area contributed by atoms with Crippen molar-refractivity contribution in [2.75, 3.05) is 20.3 Å². The van der Waals surface area contributed by atoms with Crippen LogP contribution in [0.2, 0.25) is 0 Å². The summed E-state index contributed by atoms with van der Waals surface area (Å²) in [6.07, 6.45) is 3.94. The topological polar surface area (TPSA) is 76.2 Å². The molecule has 6 heteroatoms. The second-order valence-electron chi connectivity index (χ2n) is 6.79. The molecule has 28 heavy (non-hydrogen) atoms. The second-order valence-corrected chi connectivity index (χ2v) is 6.79. The van der Waals surface area contributed by atoms with E-state index in [1.54, 1.807) is 13.2 Å². The van der Waals surface area contributed by atoms with Crippen LogP contribution in [0.3, 0.4) is 0 Å². The first-order valence-electron chi connectivity index (χ1n) is 9.57. The number of aromatic nitrogens is 2. The minimum atomic E-state index is 0.0749. The normalized spacial score (nSPS) is 10.8. The number of benzene rings is 1. The van der Waals surface area contributed by atoms with Crippen LogP contribution in [0.4, 0.5) is 0 Å². The third kappa shape index (κ3) is 5.03. The Morgan fingerprint density at radius 2 is 1.86 bits per heavy atom. The Bertz CT molecular complexity index is 949. The SMILES string of the molecule is CNC(=O)CCCc1c(C)[nH]c2ccc(OCCOc3ccnc(C)c3)cc12. The van der Waals surface area contributed by atoms with Gasteiger partial charge in [-0.2, -0.15) is 0 Å². The first-order valence-corrected chi connectivity index (χ1v) is 9.57. The highest BCUT2D eigenvalue weighted by molar-refractivity contribution is 5.86. The van der Waals surface area contributed by atoms with Crippen LogP contribution in [0.5, 0.6) is 11.5 Å². The smallest absolute Gasteiger partial charge is 0.219 e. The van der Waals surface area contributed by atoms with Gasteiger partial charge in [-0.05, 0) is 56.5 Å². The van der Waals surface area contributed by atoms with Crippen LogP contribution < -0.4 is 14.8 Å². The summed E-state index contributed by atoms with van der Waals surface area (Å²) in [7, 11) is 1.67. The average Bonchev–Trinajstić information content (AvgIpc) is 3.00. The second kappa shape index (κ2) is 9.26. The fourth-order valence-electron chi connectivity index (χ4n) is 3.25. The van der Waals surface area contributed by atoms with Crippen LogP contribution >= 0.6 is 0 Å². The molecule has 148 valence electrons. The lowest BCUT2D eigenvalue weighted by atomic mass is 10.0. The van der Waals surface area contributed by atoms with Gasteiger partial charge in [0.05, 0.1) is 0 Å². The van der Waals surface area contributed by atoms with Crippen LogP contribution in [-0.2, 0) is 11.2 Å². The molecule has 2 heterocycles. The molecule has 0 aliphatic rings. The number of carbonyl (C=O) groups is 1. The molecule has 0 saturated carbocycles. The molecule has 0 radical (unpaired) electrons. The molecule has 1 amide bonds. The van der Waals surface area contributed by atoms with E-state index in [-0.39, 0.29) is 5.91 Å². The Hall–Kier alpha value is -3.02. The van der Waals surface area contributed by atoms with E-state index >= 15 is 0 Å². The molecule has 2 N–H and O–H groups in total. The third-order valence-corrected chi connectivity index (χ3v) is 4.69. The maximum absolute atomic E-state index is 11.5. The summed E-state index contributed by atoms with van der Waals surface area (Å²) < 4.78 is 11.6. The largest absolute Gasteiger partial charge is 0.490 e. The summed E-state index contributed by atoms with van der Waals surface area (Å²) in [5.41, 5.74) is 4.40. The van der Waals surface area contributed by atoms with Gasteiger partial charge in [-0.3, -0.25) is 9.78 Å². The molecule has 0 atom stereocenters. The molecule has 0 fully saturated rings. The van der Waals surface area contributed by atoms with Gasteiger partial charge in [0.1, 0.15) is 24.7 Å². The molecular formula is C22H27N3O3. The summed E-state index contributed by atoms with van der Waals surface area (Å²) in [4.78, 5) is 19.0. The Morgan fingerprint density at radius 3 is 2.57 bits per heavy atom. The van der Waals surface area contributed by atoms with Gasteiger partial charge in [0.15, 0.2) is 0 Å². The molecule has 0 bridgehead atoms. The zero-order valence-corrected chi connectivity index (χ0v) is 16.7. The van der Waals surface area contributed by atoms with Crippen molar-refractivity contribution in [2.45, 2.75) is 33.1 Å². The van der Waals surface area contributed by atoms with Gasteiger partial charge >= 0.3 is 0 Å². The number of hydrogen-bond acceptors (Lipinski definition) is 4. The van der Waals surface area contributed by atoms with E-state index in [0.717, 1.165) is 46.6 Å². The Morgan fingerprint density at radius 1 is 1.11 bits per heavy atom. The number of aromatic amines is 1. The van der Waals surface area contributed by atoms with Crippen molar-refractivity contribution in [3.63, 3.8) is 0 Å². The lowest BCUT2D eigenvalue weighted by Gasteiger charge is -2.09. The lowest BCUT2D eigenvalue weighted by Crippen LogP contribution is -2.17. The molecule has 0 saturated heterocycles. The van der Waals surface area contributed by atoms with Crippen molar-refractivity contribution in [1.29, 1.82) is 0 Å². The first-order chi connectivity index (χ1) is 13.6. The van der Waals surface area contributed by atoms with Crippen LogP contribution in [0.25, 0.3) is 10.9 Å². The highest BCUT2D eigenvalue weighted by atomic mass is 16.5. The van der Waals surface area contributed by atoms with Gasteiger partial charge in [-0.1, -0.05) is 0 Å². The number of pyridine rings is 1. The summed E-state index contributed by atoms with van der Waals surface area (Å²) in [6, 6.07) is 9.80. The van der Waals surface area contributed by atoms with Gasteiger partial charge < -0.3 is 19.8 Å². The van der Waals surface area contributed by atoms with E-state index in [1.807, 2.05) is 31.2 Å². The van der Waals surface area contributed by atoms with E-state index in [0.29, 0.717) is 19.6 Å². The minimum absolute atomic E-state index is 0.0749. The van der Waals surface area contributed by atoms with E-state index < -0.39 is 0 Å². The predicted molar refractivity (Wildman–Crippen MR) is 110 cm³/mol. The molecule has 3 aromatic rings. The highest BCUT2D eigenvalue weighted by Gasteiger charge is 2.10. The average molecular weight is 381 g/mol. The van der Waals surface area contributed by atoms with Gasteiger partial charge in [-0.25, -0.2) is 0 Å². The number of rotatable bonds is 9. The summed E-state index contributed by atoms with van der Waals surface area (Å²) >= 11 is 0. The zero-order chi connectivity index (χ0) is 19.9. The number of carbonyl (C=O) groups excluding carboxylic acids is 1. The standard InChI is InChI=1S/C22H27N3O3/c1-15-13-18(9-10-24-15)28-12-11-27-17-7-8-21-20(14-17)19(16(2)25-21)5-4-6-22(26)23-3/h7-10,13-14,25H,4-6,11-12H2,1-3H3,(H,23,26). The van der Waals surface area contributed by atoms with E-state index in [4.69, 9.17) is 9.47 Å². The van der Waals surface area contributed by atoms with E-state index in [2.05, 4.69) is 28.3 Å². The van der Waals surface area contributed by atoms with Crippen LogP contribution in [0.1, 0.15) is 29.8 Å². The Kier molecular flexibility index (Phi) is 6.53. The summed E-state index contributed by atoms with van der Waals surface area (Å²) in [5, 5.41) is 3.82. The van der Waals surface area contributed by atoms with Crippen molar-refractivity contribution in [3.8, 4) is 11.5 Å². The van der Waals surface area contributed by atoms with E-state index in [1.165, 1.54) is 5.56 Å². The summed E-state index contributed by atoms with van der Waals surface area (Å²) in [6.45, 7) is 4.93. The number of hydrogen-bond donors (Lipinski definition) is 2. The summed E-state index contributed by atoms with van der Waals surface area (Å²) in [5.74, 6) is 1.69. The Balaban J connectivity index is 1.59. The van der Waals surface area contributed by atoms with Gasteiger partial charge in [0.25, 0.3) is 0 Å². The molecule has 3 rings (SSSR count). The van der Waals surface area contributed by atoms with Crippen molar-refractivity contribution in [2.24, 2.45) is 0 Å². The number of fused-ring (bicyclic) bond motifs is 1. The Labute approximate surface area is 165 Å². The molecule has 0 unspecified atom stereocenters. The van der Waals surface area contributed by atoms with Crippen LogP contribution in [0.15, 0.2) is 36.5 Å². The maximum atomic E-state index is 11.5. The van der Waals surface area contributed by atoms with Crippen molar-refractivity contribution < 1.29 is 14.3 Å². The fraction of sp³-hybridized carbons (Fsp3) is 0.364. The van der Waals surface area contributed by atoms with Crippen molar-refractivity contribution >= 4 is 16.8 Å². The van der Waals surface area contributed by atoms with Gasteiger partial charge in [-0.15, -0.1) is 0 Å². The number of amides is 1. The number of ether oxygens (including phenoxy) is 2. The number of H-pyrrole nitrogens is 1. The van der Waals surface area contributed by atoms with Crippen molar-refractivity contribution in [1.82, 2.24) is 15.3 Å². The van der Waals surface area contributed by atoms with Crippen LogP contribution in [-0.4, -0.2) is 36.1 Å². The molecule has 2 aromatic heterocycles. The number of nitrogens with zero attached hydrogens (tertiary/aromatic N) is 1. The lowest BCUT2D eigenvalue weighted by molar-refractivity contribution is -0.120. The zero-order valence-electron chi connectivity index (χ0n) is 16.7. The monoisotopic (exact) mass is 381 g/mol. The third-order valence-electron chi connectivity index (χ3n) is 4.69. The molecule has 0 spiro atoms. The fourth-order valence-corrected chi connectivity index (χ4v) is 3.25. The first kappa shape index (κ1) is 19.7.